The summed E-state index contributed by atoms with van der Waals surface area (Å²) in [6, 6.07) is 23.1. The summed E-state index contributed by atoms with van der Waals surface area (Å²) in [5, 5.41) is 16.6. The van der Waals surface area contributed by atoms with Gasteiger partial charge in [0.05, 0.1) is 11.0 Å². The average molecular weight is 574 g/mol. The van der Waals surface area contributed by atoms with Crippen LogP contribution < -0.4 is 5.14 Å². The van der Waals surface area contributed by atoms with Crippen LogP contribution in [0.2, 0.25) is 0 Å². The van der Waals surface area contributed by atoms with Crippen molar-refractivity contribution in [2.24, 2.45) is 5.14 Å². The number of ether oxygens (including phenoxy) is 1. The number of carbonyl (C=O) groups excluding carboxylic acids is 1. The molecule has 41 heavy (non-hydrogen) atoms. The number of rotatable bonds is 10. The molecule has 214 valence electrons. The van der Waals surface area contributed by atoms with E-state index in [-0.39, 0.29) is 17.9 Å². The molecule has 0 aliphatic carbocycles. The molecule has 1 aliphatic rings. The number of aromatic nitrogens is 2. The molecule has 0 spiro atoms. The van der Waals surface area contributed by atoms with Gasteiger partial charge in [-0.2, -0.15) is 0 Å². The zero-order chi connectivity index (χ0) is 29.2. The number of hydrogen-bond acceptors (Lipinski definition) is 6. The summed E-state index contributed by atoms with van der Waals surface area (Å²) in [5.41, 5.74) is 3.25. The molecule has 0 saturated carbocycles. The zero-order valence-electron chi connectivity index (χ0n) is 23.3. The second-order valence-corrected chi connectivity index (χ2v) is 12.1. The van der Waals surface area contributed by atoms with Crippen LogP contribution in [0.5, 0.6) is 0 Å². The molecule has 0 amide bonds. The van der Waals surface area contributed by atoms with Gasteiger partial charge in [0.2, 0.25) is 5.16 Å². The van der Waals surface area contributed by atoms with Crippen LogP contribution in [0.25, 0.3) is 27.9 Å². The maximum absolute atomic E-state index is 13.7. The number of nitrogens with two attached hydrogens (primary N) is 1. The van der Waals surface area contributed by atoms with Gasteiger partial charge in [0, 0.05) is 12.0 Å². The van der Waals surface area contributed by atoms with Crippen LogP contribution in [-0.2, 0) is 32.4 Å². The van der Waals surface area contributed by atoms with E-state index in [1.54, 1.807) is 6.07 Å². The molecule has 3 N–H and O–H groups in total. The Hall–Kier alpha value is -3.95. The SMILES string of the molecule is CCCc1ccc2c(nc(S(N)(=O)=O)n2C2=C(O)CC(CCC)(CCc3ccccc3)OC2=O)c1-c1ccccc1. The van der Waals surface area contributed by atoms with E-state index in [1.807, 2.05) is 73.7 Å². The number of benzene rings is 3. The van der Waals surface area contributed by atoms with E-state index >= 15 is 0 Å². The summed E-state index contributed by atoms with van der Waals surface area (Å²) >= 11 is 0. The molecule has 0 saturated heterocycles. The first kappa shape index (κ1) is 28.6. The number of cyclic esters (lactones) is 1. The van der Waals surface area contributed by atoms with Crippen LogP contribution >= 0.6 is 0 Å². The first-order chi connectivity index (χ1) is 19.7. The van der Waals surface area contributed by atoms with Crippen molar-refractivity contribution in [1.29, 1.82) is 0 Å². The molecule has 1 atom stereocenters. The Morgan fingerprint density at radius 2 is 1.63 bits per heavy atom. The Bertz CT molecular complexity index is 1710. The smallest absolute Gasteiger partial charge is 0.359 e. The maximum atomic E-state index is 13.7. The standard InChI is InChI=1S/C32H35N3O5S/c1-3-11-23-16-17-25-28(27(23)24-14-9-6-10-15-24)34-31(41(33,38)39)35(25)29-26(36)21-32(19-4-2,40-30(29)37)20-18-22-12-7-5-8-13-22/h5-10,12-17,36H,3-4,11,18-21H2,1-2H3,(H2,33,38,39). The van der Waals surface area contributed by atoms with Crippen molar-refractivity contribution in [3.63, 3.8) is 0 Å². The highest BCUT2D eigenvalue weighted by atomic mass is 32.2. The molecular weight excluding hydrogens is 538 g/mol. The van der Waals surface area contributed by atoms with E-state index in [0.29, 0.717) is 30.3 Å². The molecular formula is C32H35N3O5S. The first-order valence-corrected chi connectivity index (χ1v) is 15.5. The third kappa shape index (κ3) is 5.64. The molecule has 3 aromatic carbocycles. The van der Waals surface area contributed by atoms with E-state index in [0.717, 1.165) is 46.1 Å². The summed E-state index contributed by atoms with van der Waals surface area (Å²) in [6.45, 7) is 4.06. The predicted octanol–water partition coefficient (Wildman–Crippen LogP) is 6.15. The zero-order valence-corrected chi connectivity index (χ0v) is 24.2. The number of aliphatic hydroxyl groups is 1. The fourth-order valence-corrected chi connectivity index (χ4v) is 6.52. The van der Waals surface area contributed by atoms with Crippen LogP contribution in [-0.4, -0.2) is 34.6 Å². The highest BCUT2D eigenvalue weighted by molar-refractivity contribution is 7.89. The van der Waals surface area contributed by atoms with Crippen molar-refractivity contribution >= 4 is 32.7 Å². The summed E-state index contributed by atoms with van der Waals surface area (Å²) < 4.78 is 33.0. The number of primary sulfonamides is 1. The van der Waals surface area contributed by atoms with Crippen LogP contribution in [0.4, 0.5) is 0 Å². The highest BCUT2D eigenvalue weighted by Gasteiger charge is 2.43. The number of aliphatic hydroxyl groups excluding tert-OH is 1. The van der Waals surface area contributed by atoms with Crippen LogP contribution in [0, 0.1) is 0 Å². The minimum atomic E-state index is -4.40. The van der Waals surface area contributed by atoms with Gasteiger partial charge in [-0.25, -0.2) is 23.3 Å². The lowest BCUT2D eigenvalue weighted by atomic mass is 9.84. The molecule has 0 bridgehead atoms. The van der Waals surface area contributed by atoms with Crippen molar-refractivity contribution in [2.45, 2.75) is 69.6 Å². The summed E-state index contributed by atoms with van der Waals surface area (Å²) in [6.07, 6.45) is 4.13. The fraction of sp³-hybridized carbons (Fsp3) is 0.312. The minimum Gasteiger partial charge on any atom is -0.510 e. The molecule has 1 aliphatic heterocycles. The van der Waals surface area contributed by atoms with E-state index < -0.39 is 26.8 Å². The van der Waals surface area contributed by atoms with E-state index in [2.05, 4.69) is 11.9 Å². The van der Waals surface area contributed by atoms with Crippen molar-refractivity contribution in [3.8, 4) is 11.1 Å². The quantitative estimate of drug-likeness (QED) is 0.219. The fourth-order valence-electron chi connectivity index (χ4n) is 5.86. The van der Waals surface area contributed by atoms with Gasteiger partial charge in [-0.05, 0) is 48.4 Å². The van der Waals surface area contributed by atoms with Gasteiger partial charge in [0.15, 0.2) is 5.70 Å². The van der Waals surface area contributed by atoms with Crippen molar-refractivity contribution in [1.82, 2.24) is 9.55 Å². The summed E-state index contributed by atoms with van der Waals surface area (Å²) in [5.74, 6) is -1.05. The van der Waals surface area contributed by atoms with E-state index in [9.17, 15) is 18.3 Å². The number of nitrogens with zero attached hydrogens (tertiary/aromatic N) is 2. The topological polar surface area (TPSA) is 125 Å². The number of hydrogen-bond donors (Lipinski definition) is 2. The summed E-state index contributed by atoms with van der Waals surface area (Å²) in [7, 11) is -4.40. The Kier molecular flexibility index (Phi) is 8.02. The lowest BCUT2D eigenvalue weighted by Gasteiger charge is -2.37. The lowest BCUT2D eigenvalue weighted by Crippen LogP contribution is -2.41. The Balaban J connectivity index is 1.68. The number of aryl methyl sites for hydroxylation is 2. The molecule has 0 radical (unpaired) electrons. The van der Waals surface area contributed by atoms with Gasteiger partial charge >= 0.3 is 5.97 Å². The average Bonchev–Trinajstić information content (AvgIpc) is 3.33. The highest BCUT2D eigenvalue weighted by Crippen LogP contribution is 2.41. The van der Waals surface area contributed by atoms with Gasteiger partial charge in [0.25, 0.3) is 10.0 Å². The normalized spacial score (nSPS) is 17.7. The van der Waals surface area contributed by atoms with Crippen molar-refractivity contribution in [2.75, 3.05) is 0 Å². The van der Waals surface area contributed by atoms with Gasteiger partial charge in [-0.3, -0.25) is 4.57 Å². The van der Waals surface area contributed by atoms with Gasteiger partial charge in [0.1, 0.15) is 11.4 Å². The number of imidazole rings is 1. The predicted molar refractivity (Wildman–Crippen MR) is 159 cm³/mol. The second-order valence-electron chi connectivity index (χ2n) is 10.6. The molecule has 1 aromatic heterocycles. The molecule has 1 unspecified atom stereocenters. The maximum Gasteiger partial charge on any atom is 0.359 e. The Labute approximate surface area is 240 Å². The van der Waals surface area contributed by atoms with Gasteiger partial charge < -0.3 is 9.84 Å². The van der Waals surface area contributed by atoms with Gasteiger partial charge in [-0.15, -0.1) is 0 Å². The molecule has 8 nitrogen and oxygen atoms in total. The molecule has 4 aromatic rings. The first-order valence-electron chi connectivity index (χ1n) is 14.0. The minimum absolute atomic E-state index is 0.0535. The Morgan fingerprint density at radius 3 is 2.24 bits per heavy atom. The lowest BCUT2D eigenvalue weighted by molar-refractivity contribution is -0.157. The van der Waals surface area contributed by atoms with Crippen molar-refractivity contribution in [3.05, 3.63) is 89.7 Å². The number of sulfonamides is 1. The van der Waals surface area contributed by atoms with E-state index in [1.165, 1.54) is 0 Å². The molecule has 9 heteroatoms. The Morgan fingerprint density at radius 1 is 0.951 bits per heavy atom. The second kappa shape index (κ2) is 11.5. The summed E-state index contributed by atoms with van der Waals surface area (Å²) in [4.78, 5) is 18.2. The number of esters is 1. The van der Waals surface area contributed by atoms with Gasteiger partial charge in [-0.1, -0.05) is 93.4 Å². The number of fused-ring (bicyclic) bond motifs is 1. The molecule has 2 heterocycles. The largest absolute Gasteiger partial charge is 0.510 e. The number of carbonyl (C=O) groups is 1. The van der Waals surface area contributed by atoms with E-state index in [4.69, 9.17) is 9.88 Å². The third-order valence-electron chi connectivity index (χ3n) is 7.63. The molecule has 0 fully saturated rings. The van der Waals surface area contributed by atoms with Crippen molar-refractivity contribution < 1.29 is 23.1 Å². The monoisotopic (exact) mass is 573 g/mol. The van der Waals surface area contributed by atoms with Crippen LogP contribution in [0.1, 0.15) is 57.1 Å². The molecule has 5 rings (SSSR count). The van der Waals surface area contributed by atoms with Crippen LogP contribution in [0.3, 0.4) is 0 Å². The third-order valence-corrected chi connectivity index (χ3v) is 8.41. The van der Waals surface area contributed by atoms with Crippen LogP contribution in [0.15, 0.2) is 83.7 Å².